The SMILES string of the molecule is CC(C)(C)CC(C)(C)c1cc(Cl)c(O)c(-n2nc3ccc(C(F)(F)F)cc3n2)c1. The van der Waals surface area contributed by atoms with Crippen molar-refractivity contribution in [3.05, 3.63) is 46.5 Å². The lowest BCUT2D eigenvalue weighted by atomic mass is 9.72. The molecule has 0 bridgehead atoms. The van der Waals surface area contributed by atoms with Crippen LogP contribution in [0.15, 0.2) is 30.3 Å². The highest BCUT2D eigenvalue weighted by molar-refractivity contribution is 6.32. The van der Waals surface area contributed by atoms with E-state index in [9.17, 15) is 18.3 Å². The maximum atomic E-state index is 13.0. The second-order valence-electron chi connectivity index (χ2n) is 9.14. The largest absolute Gasteiger partial charge is 0.504 e. The summed E-state index contributed by atoms with van der Waals surface area (Å²) in [5.74, 6) is -0.224. The Morgan fingerprint density at radius 2 is 1.55 bits per heavy atom. The zero-order valence-corrected chi connectivity index (χ0v) is 17.7. The summed E-state index contributed by atoms with van der Waals surface area (Å²) in [6.45, 7) is 10.6. The van der Waals surface area contributed by atoms with Gasteiger partial charge in [-0.05, 0) is 53.1 Å². The van der Waals surface area contributed by atoms with Crippen LogP contribution in [0.3, 0.4) is 0 Å². The summed E-state index contributed by atoms with van der Waals surface area (Å²) in [7, 11) is 0. The molecule has 156 valence electrons. The number of phenols is 1. The minimum Gasteiger partial charge on any atom is -0.504 e. The number of halogens is 4. The van der Waals surface area contributed by atoms with Gasteiger partial charge in [-0.1, -0.05) is 46.2 Å². The van der Waals surface area contributed by atoms with Crippen LogP contribution >= 0.6 is 11.6 Å². The Balaban J connectivity index is 2.12. The van der Waals surface area contributed by atoms with Crippen LogP contribution in [0.4, 0.5) is 13.2 Å². The fourth-order valence-corrected chi connectivity index (χ4v) is 3.97. The summed E-state index contributed by atoms with van der Waals surface area (Å²) in [4.78, 5) is 1.13. The molecule has 1 N–H and O–H groups in total. The van der Waals surface area contributed by atoms with Crippen LogP contribution in [0.2, 0.25) is 5.02 Å². The van der Waals surface area contributed by atoms with Crippen molar-refractivity contribution in [3.63, 3.8) is 0 Å². The first-order chi connectivity index (χ1) is 13.2. The molecule has 0 saturated carbocycles. The number of hydrogen-bond acceptors (Lipinski definition) is 3. The Kier molecular flexibility index (Phi) is 5.10. The van der Waals surface area contributed by atoms with E-state index in [1.165, 1.54) is 6.07 Å². The third-order valence-electron chi connectivity index (χ3n) is 4.72. The van der Waals surface area contributed by atoms with E-state index >= 15 is 0 Å². The third-order valence-corrected chi connectivity index (χ3v) is 5.01. The first-order valence-corrected chi connectivity index (χ1v) is 9.53. The van der Waals surface area contributed by atoms with Crippen LogP contribution < -0.4 is 0 Å². The predicted molar refractivity (Wildman–Crippen MR) is 108 cm³/mol. The third kappa shape index (κ3) is 4.50. The summed E-state index contributed by atoms with van der Waals surface area (Å²) >= 11 is 6.26. The van der Waals surface area contributed by atoms with Crippen molar-refractivity contribution >= 4 is 22.6 Å². The summed E-state index contributed by atoms with van der Waals surface area (Å²) in [5, 5.41) is 19.0. The fourth-order valence-electron chi connectivity index (χ4n) is 3.75. The van der Waals surface area contributed by atoms with Crippen LogP contribution in [0.25, 0.3) is 16.7 Å². The second kappa shape index (κ2) is 6.90. The van der Waals surface area contributed by atoms with Crippen LogP contribution in [0.5, 0.6) is 5.75 Å². The maximum Gasteiger partial charge on any atom is 0.416 e. The molecular formula is C21H23ClF3N3O. The molecule has 0 saturated heterocycles. The van der Waals surface area contributed by atoms with Crippen LogP contribution in [0, 0.1) is 5.41 Å². The van der Waals surface area contributed by atoms with Crippen LogP contribution in [-0.2, 0) is 11.6 Å². The first kappa shape index (κ1) is 21.4. The zero-order valence-electron chi connectivity index (χ0n) is 16.9. The highest BCUT2D eigenvalue weighted by atomic mass is 35.5. The van der Waals surface area contributed by atoms with Crippen molar-refractivity contribution in [1.29, 1.82) is 0 Å². The van der Waals surface area contributed by atoms with E-state index in [1.54, 1.807) is 12.1 Å². The minimum atomic E-state index is -4.47. The Bertz CT molecular complexity index is 1070. The molecule has 3 aromatic rings. The fraction of sp³-hybridized carbons (Fsp3) is 0.429. The molecule has 0 unspecified atom stereocenters. The number of aromatic nitrogens is 3. The molecule has 1 aromatic heterocycles. The van der Waals surface area contributed by atoms with Gasteiger partial charge in [0.25, 0.3) is 0 Å². The first-order valence-electron chi connectivity index (χ1n) is 9.15. The van der Waals surface area contributed by atoms with Gasteiger partial charge < -0.3 is 5.11 Å². The maximum absolute atomic E-state index is 13.0. The summed E-state index contributed by atoms with van der Waals surface area (Å²) in [6, 6.07) is 6.59. The van der Waals surface area contributed by atoms with Crippen molar-refractivity contribution in [2.24, 2.45) is 5.41 Å². The summed E-state index contributed by atoms with van der Waals surface area (Å²) in [5.41, 5.74) is 0.449. The van der Waals surface area contributed by atoms with Gasteiger partial charge in [0.05, 0.1) is 10.6 Å². The molecule has 0 fully saturated rings. The van der Waals surface area contributed by atoms with E-state index in [0.29, 0.717) is 0 Å². The molecule has 0 aliphatic rings. The molecule has 0 spiro atoms. The molecule has 0 aliphatic heterocycles. The number of nitrogens with zero attached hydrogens (tertiary/aromatic N) is 3. The topological polar surface area (TPSA) is 50.9 Å². The lowest BCUT2D eigenvalue weighted by molar-refractivity contribution is -0.137. The van der Waals surface area contributed by atoms with Crippen molar-refractivity contribution in [3.8, 4) is 11.4 Å². The average Bonchev–Trinajstić information content (AvgIpc) is 2.96. The van der Waals surface area contributed by atoms with Gasteiger partial charge >= 0.3 is 6.18 Å². The predicted octanol–water partition coefficient (Wildman–Crippen LogP) is 6.51. The van der Waals surface area contributed by atoms with E-state index in [0.717, 1.165) is 28.9 Å². The number of phenolic OH excluding ortho intramolecular Hbond substituents is 1. The molecule has 1 heterocycles. The van der Waals surface area contributed by atoms with Gasteiger partial charge in [0, 0.05) is 0 Å². The molecule has 2 aromatic carbocycles. The van der Waals surface area contributed by atoms with E-state index in [4.69, 9.17) is 11.6 Å². The van der Waals surface area contributed by atoms with E-state index in [1.807, 2.05) is 0 Å². The van der Waals surface area contributed by atoms with Gasteiger partial charge in [-0.2, -0.15) is 13.2 Å². The van der Waals surface area contributed by atoms with Crippen molar-refractivity contribution in [2.45, 2.75) is 52.6 Å². The van der Waals surface area contributed by atoms with E-state index in [-0.39, 0.29) is 38.3 Å². The number of benzene rings is 2. The molecular weight excluding hydrogens is 403 g/mol. The van der Waals surface area contributed by atoms with Crippen molar-refractivity contribution in [2.75, 3.05) is 0 Å². The van der Waals surface area contributed by atoms with Gasteiger partial charge in [0.1, 0.15) is 16.7 Å². The molecule has 0 aliphatic carbocycles. The van der Waals surface area contributed by atoms with Crippen molar-refractivity contribution in [1.82, 2.24) is 15.0 Å². The van der Waals surface area contributed by atoms with E-state index < -0.39 is 11.7 Å². The highest BCUT2D eigenvalue weighted by Gasteiger charge is 2.31. The molecule has 8 heteroatoms. The molecule has 0 atom stereocenters. The molecule has 3 rings (SSSR count). The van der Waals surface area contributed by atoms with Gasteiger partial charge in [-0.25, -0.2) is 0 Å². The second-order valence-corrected chi connectivity index (χ2v) is 9.55. The lowest BCUT2D eigenvalue weighted by Crippen LogP contribution is -2.25. The molecule has 0 amide bonds. The number of rotatable bonds is 3. The average molecular weight is 426 g/mol. The van der Waals surface area contributed by atoms with Gasteiger partial charge in [-0.15, -0.1) is 15.0 Å². The van der Waals surface area contributed by atoms with Gasteiger partial charge in [-0.3, -0.25) is 0 Å². The minimum absolute atomic E-state index is 0.0562. The number of fused-ring (bicyclic) bond motifs is 1. The smallest absolute Gasteiger partial charge is 0.416 e. The Labute approximate surface area is 172 Å². The van der Waals surface area contributed by atoms with Gasteiger partial charge in [0.2, 0.25) is 0 Å². The molecule has 4 nitrogen and oxygen atoms in total. The highest BCUT2D eigenvalue weighted by Crippen LogP contribution is 2.41. The number of alkyl halides is 3. The normalized spacial score (nSPS) is 13.3. The monoisotopic (exact) mass is 425 g/mol. The molecule has 0 radical (unpaired) electrons. The Morgan fingerprint density at radius 1 is 0.931 bits per heavy atom. The zero-order chi connectivity index (χ0) is 21.8. The number of hydrogen-bond donors (Lipinski definition) is 1. The summed E-state index contributed by atoms with van der Waals surface area (Å²) in [6.07, 6.45) is -3.62. The molecule has 29 heavy (non-hydrogen) atoms. The van der Waals surface area contributed by atoms with Crippen LogP contribution in [0.1, 0.15) is 52.2 Å². The Morgan fingerprint density at radius 3 is 2.14 bits per heavy atom. The van der Waals surface area contributed by atoms with Crippen LogP contribution in [-0.4, -0.2) is 20.1 Å². The lowest BCUT2D eigenvalue weighted by Gasteiger charge is -2.33. The van der Waals surface area contributed by atoms with Crippen molar-refractivity contribution < 1.29 is 18.3 Å². The quantitative estimate of drug-likeness (QED) is 0.520. The number of aromatic hydroxyl groups is 1. The van der Waals surface area contributed by atoms with Gasteiger partial charge in [0.15, 0.2) is 5.75 Å². The Hall–Kier alpha value is -2.28. The van der Waals surface area contributed by atoms with E-state index in [2.05, 4.69) is 44.8 Å². The summed E-state index contributed by atoms with van der Waals surface area (Å²) < 4.78 is 38.9. The standard InChI is InChI=1S/C21H23ClF3N3O/c1-19(2,3)11-20(4,5)13-8-14(22)18(29)17(10-13)28-26-15-7-6-12(21(23,24)25)9-16(15)27-28/h6-10,29H,11H2,1-5H3.